The fourth-order valence-electron chi connectivity index (χ4n) is 1.14. The summed E-state index contributed by atoms with van der Waals surface area (Å²) in [4.78, 5) is 8.27. The topological polar surface area (TPSA) is 59.1 Å². The van der Waals surface area contributed by atoms with Crippen LogP contribution in [0.15, 0.2) is 12.4 Å². The van der Waals surface area contributed by atoms with Crippen molar-refractivity contribution in [1.82, 2.24) is 9.97 Å². The van der Waals surface area contributed by atoms with E-state index in [9.17, 15) is 0 Å². The number of hydrogen-bond acceptors (Lipinski definition) is 5. The lowest BCUT2D eigenvalue weighted by Crippen LogP contribution is -2.11. The van der Waals surface area contributed by atoms with Crippen LogP contribution in [0, 0.1) is 5.92 Å². The summed E-state index contributed by atoms with van der Waals surface area (Å²) in [5.74, 6) is 2.27. The number of nitrogens with zero attached hydrogens (tertiary/aromatic N) is 2. The zero-order chi connectivity index (χ0) is 11.8. The van der Waals surface area contributed by atoms with Gasteiger partial charge in [-0.3, -0.25) is 0 Å². The minimum absolute atomic E-state index is 0.597. The fourth-order valence-corrected chi connectivity index (χ4v) is 1.14. The van der Waals surface area contributed by atoms with Gasteiger partial charge in [-0.2, -0.15) is 0 Å². The van der Waals surface area contributed by atoms with Crippen LogP contribution >= 0.6 is 0 Å². The summed E-state index contributed by atoms with van der Waals surface area (Å²) in [6.45, 7) is 6.64. The van der Waals surface area contributed by atoms with Gasteiger partial charge in [0.15, 0.2) is 0 Å². The van der Waals surface area contributed by atoms with Gasteiger partial charge in [-0.25, -0.2) is 9.97 Å². The van der Waals surface area contributed by atoms with Crippen LogP contribution in [0.1, 0.15) is 13.8 Å². The first-order chi connectivity index (χ1) is 7.72. The SMILES string of the molecule is COCCNc1cc(NCC(C)C)ncn1. The second-order valence-corrected chi connectivity index (χ2v) is 3.98. The van der Waals surface area contributed by atoms with Crippen molar-refractivity contribution in [3.8, 4) is 0 Å². The molecule has 0 fully saturated rings. The number of aromatic nitrogens is 2. The molecule has 0 saturated heterocycles. The molecule has 5 nitrogen and oxygen atoms in total. The molecule has 1 aromatic rings. The molecule has 0 aromatic carbocycles. The molecule has 0 aliphatic rings. The number of nitrogens with one attached hydrogen (secondary N) is 2. The maximum absolute atomic E-state index is 4.95. The van der Waals surface area contributed by atoms with Crippen molar-refractivity contribution in [2.45, 2.75) is 13.8 Å². The first-order valence-corrected chi connectivity index (χ1v) is 5.51. The van der Waals surface area contributed by atoms with Gasteiger partial charge in [-0.15, -0.1) is 0 Å². The van der Waals surface area contributed by atoms with Crippen LogP contribution < -0.4 is 10.6 Å². The van der Waals surface area contributed by atoms with Crippen LogP contribution in [0.25, 0.3) is 0 Å². The zero-order valence-electron chi connectivity index (χ0n) is 10.2. The molecule has 1 heterocycles. The van der Waals surface area contributed by atoms with Crippen molar-refractivity contribution in [3.63, 3.8) is 0 Å². The van der Waals surface area contributed by atoms with Crippen LogP contribution in [0.4, 0.5) is 11.6 Å². The van der Waals surface area contributed by atoms with Crippen molar-refractivity contribution in [2.24, 2.45) is 5.92 Å². The monoisotopic (exact) mass is 224 g/mol. The molecule has 2 N–H and O–H groups in total. The Bertz CT molecular complexity index is 304. The number of rotatable bonds is 7. The van der Waals surface area contributed by atoms with Crippen molar-refractivity contribution in [3.05, 3.63) is 12.4 Å². The summed E-state index contributed by atoms with van der Waals surface area (Å²) in [6.07, 6.45) is 1.55. The van der Waals surface area contributed by atoms with E-state index in [0.717, 1.165) is 24.7 Å². The molecule has 0 aliphatic carbocycles. The van der Waals surface area contributed by atoms with Gasteiger partial charge in [0.2, 0.25) is 0 Å². The van der Waals surface area contributed by atoms with Crippen molar-refractivity contribution in [2.75, 3.05) is 37.4 Å². The van der Waals surface area contributed by atoms with E-state index in [4.69, 9.17) is 4.74 Å². The predicted octanol–water partition coefficient (Wildman–Crippen LogP) is 1.60. The molecule has 0 spiro atoms. The first-order valence-electron chi connectivity index (χ1n) is 5.51. The highest BCUT2D eigenvalue weighted by atomic mass is 16.5. The lowest BCUT2D eigenvalue weighted by atomic mass is 10.2. The molecule has 0 aliphatic heterocycles. The van der Waals surface area contributed by atoms with E-state index in [1.54, 1.807) is 13.4 Å². The largest absolute Gasteiger partial charge is 0.383 e. The molecular formula is C11H20N4O. The zero-order valence-corrected chi connectivity index (χ0v) is 10.2. The normalized spacial score (nSPS) is 10.5. The maximum atomic E-state index is 4.95. The van der Waals surface area contributed by atoms with Crippen LogP contribution in [-0.2, 0) is 4.74 Å². The Kier molecular flexibility index (Phi) is 5.56. The van der Waals surface area contributed by atoms with E-state index in [0.29, 0.717) is 12.5 Å². The molecule has 1 aromatic heterocycles. The Morgan fingerprint density at radius 1 is 1.25 bits per heavy atom. The standard InChI is InChI=1S/C11H20N4O/c1-9(2)7-13-11-6-10(14-8-15-11)12-4-5-16-3/h6,8-9H,4-5,7H2,1-3H3,(H2,12,13,14,15). The smallest absolute Gasteiger partial charge is 0.131 e. The van der Waals surface area contributed by atoms with Gasteiger partial charge in [0, 0.05) is 26.3 Å². The molecule has 0 radical (unpaired) electrons. The second kappa shape index (κ2) is 7.00. The summed E-state index contributed by atoms with van der Waals surface area (Å²) < 4.78 is 4.95. The third kappa shape index (κ3) is 4.93. The van der Waals surface area contributed by atoms with Crippen molar-refractivity contribution >= 4 is 11.6 Å². The molecule has 5 heteroatoms. The Morgan fingerprint density at radius 3 is 2.56 bits per heavy atom. The molecule has 0 bridgehead atoms. The second-order valence-electron chi connectivity index (χ2n) is 3.98. The summed E-state index contributed by atoms with van der Waals surface area (Å²) >= 11 is 0. The molecule has 90 valence electrons. The minimum atomic E-state index is 0.597. The van der Waals surface area contributed by atoms with Gasteiger partial charge in [0.25, 0.3) is 0 Å². The predicted molar refractivity (Wildman–Crippen MR) is 65.7 cm³/mol. The minimum Gasteiger partial charge on any atom is -0.383 e. The molecule has 0 amide bonds. The van der Waals surface area contributed by atoms with Gasteiger partial charge in [0.05, 0.1) is 6.61 Å². The lowest BCUT2D eigenvalue weighted by molar-refractivity contribution is 0.210. The third-order valence-electron chi connectivity index (χ3n) is 1.97. The summed E-state index contributed by atoms with van der Waals surface area (Å²) in [5, 5.41) is 6.41. The van der Waals surface area contributed by atoms with E-state index < -0.39 is 0 Å². The maximum Gasteiger partial charge on any atom is 0.131 e. The van der Waals surface area contributed by atoms with Crippen LogP contribution in [-0.4, -0.2) is 36.8 Å². The van der Waals surface area contributed by atoms with Crippen LogP contribution in [0.5, 0.6) is 0 Å². The third-order valence-corrected chi connectivity index (χ3v) is 1.97. The number of methoxy groups -OCH3 is 1. The summed E-state index contributed by atoms with van der Waals surface area (Å²) in [5.41, 5.74) is 0. The lowest BCUT2D eigenvalue weighted by Gasteiger charge is -2.09. The molecule has 1 rings (SSSR count). The molecule has 16 heavy (non-hydrogen) atoms. The molecule has 0 saturated carbocycles. The highest BCUT2D eigenvalue weighted by Crippen LogP contribution is 2.08. The van der Waals surface area contributed by atoms with Crippen LogP contribution in [0.2, 0.25) is 0 Å². The quantitative estimate of drug-likeness (QED) is 0.689. The Balaban J connectivity index is 2.43. The van der Waals surface area contributed by atoms with Gasteiger partial charge < -0.3 is 15.4 Å². The molecule has 0 unspecified atom stereocenters. The van der Waals surface area contributed by atoms with Crippen LogP contribution in [0.3, 0.4) is 0 Å². The number of ether oxygens (including phenoxy) is 1. The fraction of sp³-hybridized carbons (Fsp3) is 0.636. The highest BCUT2D eigenvalue weighted by Gasteiger charge is 1.99. The molecular weight excluding hydrogens is 204 g/mol. The first kappa shape index (κ1) is 12.7. The molecule has 0 atom stereocenters. The van der Waals surface area contributed by atoms with Crippen molar-refractivity contribution < 1.29 is 4.74 Å². The van der Waals surface area contributed by atoms with Gasteiger partial charge in [-0.05, 0) is 5.92 Å². The van der Waals surface area contributed by atoms with Gasteiger partial charge >= 0.3 is 0 Å². The Labute approximate surface area is 96.6 Å². The summed E-state index contributed by atoms with van der Waals surface area (Å²) in [6, 6.07) is 1.90. The average Bonchev–Trinajstić information content (AvgIpc) is 2.27. The summed E-state index contributed by atoms with van der Waals surface area (Å²) in [7, 11) is 1.68. The van der Waals surface area contributed by atoms with Gasteiger partial charge in [0.1, 0.15) is 18.0 Å². The number of hydrogen-bond donors (Lipinski definition) is 2. The highest BCUT2D eigenvalue weighted by molar-refractivity contribution is 5.46. The van der Waals surface area contributed by atoms with E-state index in [2.05, 4.69) is 34.4 Å². The van der Waals surface area contributed by atoms with E-state index in [1.165, 1.54) is 0 Å². The van der Waals surface area contributed by atoms with Crippen molar-refractivity contribution in [1.29, 1.82) is 0 Å². The van der Waals surface area contributed by atoms with E-state index in [1.807, 2.05) is 6.07 Å². The Hall–Kier alpha value is -1.36. The average molecular weight is 224 g/mol. The van der Waals surface area contributed by atoms with Gasteiger partial charge in [-0.1, -0.05) is 13.8 Å². The van der Waals surface area contributed by atoms with E-state index >= 15 is 0 Å². The van der Waals surface area contributed by atoms with E-state index in [-0.39, 0.29) is 0 Å². The number of anilines is 2. The Morgan fingerprint density at radius 2 is 1.94 bits per heavy atom.